The average molecular weight is 268 g/mol. The van der Waals surface area contributed by atoms with Crippen LogP contribution in [0.15, 0.2) is 52.3 Å². The maximum absolute atomic E-state index is 9.61. The molecule has 1 N–H and O–H groups in total. The van der Waals surface area contributed by atoms with Crippen LogP contribution in [0.25, 0.3) is 0 Å². The molecule has 19 heavy (non-hydrogen) atoms. The van der Waals surface area contributed by atoms with Crippen LogP contribution in [-0.2, 0) is 0 Å². The third-order valence-corrected chi connectivity index (χ3v) is 4.34. The second kappa shape index (κ2) is 4.61. The minimum Gasteiger partial charge on any atom is -0.374 e. The van der Waals surface area contributed by atoms with E-state index in [1.54, 1.807) is 17.8 Å². The maximum atomic E-state index is 9.61. The zero-order chi connectivity index (χ0) is 13.4. The fraction of sp³-hybridized carbons (Fsp3) is 0.133. The Balaban J connectivity index is 2.08. The van der Waals surface area contributed by atoms with E-state index in [-0.39, 0.29) is 0 Å². The average Bonchev–Trinajstić information content (AvgIpc) is 2.46. The number of rotatable bonds is 1. The number of para-hydroxylation sites is 1. The number of aliphatic hydroxyl groups is 1. The highest BCUT2D eigenvalue weighted by Gasteiger charge is 2.21. The van der Waals surface area contributed by atoms with Crippen molar-refractivity contribution < 1.29 is 5.11 Å². The van der Waals surface area contributed by atoms with Crippen molar-refractivity contribution in [2.24, 2.45) is 0 Å². The first kappa shape index (κ1) is 12.1. The number of hydrogen-bond donors (Lipinski definition) is 1. The van der Waals surface area contributed by atoms with Gasteiger partial charge in [-0.15, -0.1) is 0 Å². The standard InChI is InChI=1S/C15H12N2OS/c1-17-11-4-2-3-5-14(11)19-15-8-10(13(18)9-16)6-7-12(15)17/h2-8,13,18H,1H3/t13-/m1/s1. The Labute approximate surface area is 116 Å². The zero-order valence-corrected chi connectivity index (χ0v) is 11.2. The quantitative estimate of drug-likeness (QED) is 0.804. The smallest absolute Gasteiger partial charge is 0.165 e. The molecule has 0 spiro atoms. The molecule has 0 bridgehead atoms. The Hall–Kier alpha value is -1.96. The van der Waals surface area contributed by atoms with Gasteiger partial charge in [0.15, 0.2) is 6.10 Å². The van der Waals surface area contributed by atoms with Crippen molar-refractivity contribution in [2.45, 2.75) is 15.9 Å². The molecule has 0 fully saturated rings. The lowest BCUT2D eigenvalue weighted by atomic mass is 10.1. The minimum absolute atomic E-state index is 0.640. The largest absolute Gasteiger partial charge is 0.374 e. The molecule has 4 heteroatoms. The van der Waals surface area contributed by atoms with E-state index in [4.69, 9.17) is 5.26 Å². The number of nitrogens with zero attached hydrogens (tertiary/aromatic N) is 2. The number of anilines is 2. The van der Waals surface area contributed by atoms with Gasteiger partial charge in [-0.25, -0.2) is 0 Å². The summed E-state index contributed by atoms with van der Waals surface area (Å²) in [6, 6.07) is 15.7. The van der Waals surface area contributed by atoms with Gasteiger partial charge in [0.1, 0.15) is 0 Å². The first-order valence-corrected chi connectivity index (χ1v) is 6.74. The summed E-state index contributed by atoms with van der Waals surface area (Å²) in [7, 11) is 2.03. The van der Waals surface area contributed by atoms with Crippen molar-refractivity contribution in [3.8, 4) is 6.07 Å². The Morgan fingerprint density at radius 1 is 1.16 bits per heavy atom. The van der Waals surface area contributed by atoms with Crippen LogP contribution in [0, 0.1) is 11.3 Å². The number of benzene rings is 2. The Kier molecular flexibility index (Phi) is 2.94. The van der Waals surface area contributed by atoms with Gasteiger partial charge < -0.3 is 10.0 Å². The fourth-order valence-corrected chi connectivity index (χ4v) is 3.40. The molecule has 3 nitrogen and oxygen atoms in total. The van der Waals surface area contributed by atoms with Crippen molar-refractivity contribution in [1.82, 2.24) is 0 Å². The lowest BCUT2D eigenvalue weighted by molar-refractivity contribution is 0.235. The van der Waals surface area contributed by atoms with Crippen LogP contribution in [0.4, 0.5) is 11.4 Å². The van der Waals surface area contributed by atoms with Gasteiger partial charge in [-0.05, 0) is 29.8 Å². The molecule has 1 aliphatic heterocycles. The van der Waals surface area contributed by atoms with Crippen molar-refractivity contribution in [2.75, 3.05) is 11.9 Å². The predicted octanol–water partition coefficient (Wildman–Crippen LogP) is 3.48. The Bertz CT molecular complexity index is 678. The van der Waals surface area contributed by atoms with Crippen LogP contribution in [0.5, 0.6) is 0 Å². The molecule has 3 rings (SSSR count). The lowest BCUT2D eigenvalue weighted by Crippen LogP contribution is -2.14. The summed E-state index contributed by atoms with van der Waals surface area (Å²) in [6.07, 6.45) is -1.06. The molecule has 0 aromatic heterocycles. The van der Waals surface area contributed by atoms with Gasteiger partial charge in [0, 0.05) is 16.8 Å². The van der Waals surface area contributed by atoms with E-state index in [1.807, 2.05) is 37.4 Å². The summed E-state index contributed by atoms with van der Waals surface area (Å²) in [5.41, 5.74) is 2.91. The fourth-order valence-electron chi connectivity index (χ4n) is 2.20. The summed E-state index contributed by atoms with van der Waals surface area (Å²) in [4.78, 5) is 4.37. The van der Waals surface area contributed by atoms with Gasteiger partial charge in [-0.1, -0.05) is 30.0 Å². The molecule has 0 radical (unpaired) electrons. The number of hydrogen-bond acceptors (Lipinski definition) is 4. The van der Waals surface area contributed by atoms with Crippen LogP contribution in [-0.4, -0.2) is 12.2 Å². The van der Waals surface area contributed by atoms with Gasteiger partial charge in [0.25, 0.3) is 0 Å². The second-order valence-corrected chi connectivity index (χ2v) is 5.47. The summed E-state index contributed by atoms with van der Waals surface area (Å²) in [5.74, 6) is 0. The monoisotopic (exact) mass is 268 g/mol. The lowest BCUT2D eigenvalue weighted by Gasteiger charge is -2.29. The van der Waals surface area contributed by atoms with Gasteiger partial charge >= 0.3 is 0 Å². The molecule has 0 saturated carbocycles. The predicted molar refractivity (Wildman–Crippen MR) is 75.6 cm³/mol. The molecular formula is C15H12N2OS. The topological polar surface area (TPSA) is 47.3 Å². The van der Waals surface area contributed by atoms with Crippen molar-refractivity contribution in [3.05, 3.63) is 48.0 Å². The van der Waals surface area contributed by atoms with Crippen molar-refractivity contribution in [3.63, 3.8) is 0 Å². The molecule has 0 aliphatic carbocycles. The molecule has 0 amide bonds. The maximum Gasteiger partial charge on any atom is 0.165 e. The Morgan fingerprint density at radius 2 is 1.89 bits per heavy atom. The van der Waals surface area contributed by atoms with Crippen LogP contribution in [0.2, 0.25) is 0 Å². The van der Waals surface area contributed by atoms with E-state index in [9.17, 15) is 5.11 Å². The van der Waals surface area contributed by atoms with E-state index in [0.717, 1.165) is 10.6 Å². The third kappa shape index (κ3) is 1.97. The molecular weight excluding hydrogens is 256 g/mol. The number of nitriles is 1. The molecule has 0 unspecified atom stereocenters. The van der Waals surface area contributed by atoms with E-state index in [1.165, 1.54) is 10.6 Å². The second-order valence-electron chi connectivity index (χ2n) is 4.39. The molecule has 0 saturated heterocycles. The Morgan fingerprint density at radius 3 is 2.68 bits per heavy atom. The van der Waals surface area contributed by atoms with Crippen molar-refractivity contribution >= 4 is 23.1 Å². The van der Waals surface area contributed by atoms with E-state index in [2.05, 4.69) is 17.0 Å². The van der Waals surface area contributed by atoms with E-state index < -0.39 is 6.10 Å². The van der Waals surface area contributed by atoms with Gasteiger partial charge in [-0.2, -0.15) is 5.26 Å². The van der Waals surface area contributed by atoms with Crippen LogP contribution in [0.1, 0.15) is 11.7 Å². The van der Waals surface area contributed by atoms with Crippen LogP contribution in [0.3, 0.4) is 0 Å². The summed E-state index contributed by atoms with van der Waals surface area (Å²) in [5, 5.41) is 18.4. The highest BCUT2D eigenvalue weighted by atomic mass is 32.2. The van der Waals surface area contributed by atoms with E-state index >= 15 is 0 Å². The van der Waals surface area contributed by atoms with E-state index in [0.29, 0.717) is 5.56 Å². The van der Waals surface area contributed by atoms with Crippen molar-refractivity contribution in [1.29, 1.82) is 5.26 Å². The minimum atomic E-state index is -1.06. The summed E-state index contributed by atoms with van der Waals surface area (Å²) < 4.78 is 0. The highest BCUT2D eigenvalue weighted by molar-refractivity contribution is 7.99. The first-order chi connectivity index (χ1) is 9.20. The van der Waals surface area contributed by atoms with Crippen LogP contribution >= 0.6 is 11.8 Å². The molecule has 1 aliphatic rings. The van der Waals surface area contributed by atoms with Gasteiger partial charge in [0.05, 0.1) is 17.4 Å². The molecule has 94 valence electrons. The SMILES string of the molecule is CN1c2ccccc2Sc2cc([C@H](O)C#N)ccc21. The molecule has 2 aromatic rings. The number of fused-ring (bicyclic) bond motifs is 2. The van der Waals surface area contributed by atoms with Gasteiger partial charge in [-0.3, -0.25) is 0 Å². The number of aliphatic hydroxyl groups excluding tert-OH is 1. The zero-order valence-electron chi connectivity index (χ0n) is 10.4. The van der Waals surface area contributed by atoms with Gasteiger partial charge in [0.2, 0.25) is 0 Å². The normalized spacial score (nSPS) is 14.3. The van der Waals surface area contributed by atoms with Crippen LogP contribution < -0.4 is 4.90 Å². The molecule has 1 atom stereocenters. The summed E-state index contributed by atoms with van der Waals surface area (Å²) >= 11 is 1.67. The third-order valence-electron chi connectivity index (χ3n) is 3.23. The highest BCUT2D eigenvalue weighted by Crippen LogP contribution is 2.47. The first-order valence-electron chi connectivity index (χ1n) is 5.93. The molecule has 1 heterocycles. The summed E-state index contributed by atoms with van der Waals surface area (Å²) in [6.45, 7) is 0. The molecule has 2 aromatic carbocycles.